The molecule has 0 N–H and O–H groups in total. The number of ether oxygens (including phenoxy) is 2. The van der Waals surface area contributed by atoms with Crippen LogP contribution in [0.2, 0.25) is 0 Å². The zero-order chi connectivity index (χ0) is 8.39. The van der Waals surface area contributed by atoms with Crippen LogP contribution < -0.4 is 4.74 Å². The van der Waals surface area contributed by atoms with Crippen molar-refractivity contribution in [3.05, 3.63) is 29.3 Å². The molecule has 0 unspecified atom stereocenters. The van der Waals surface area contributed by atoms with Crippen LogP contribution in [0.3, 0.4) is 0 Å². The Kier molecular flexibility index (Phi) is 2.00. The molecule has 2 heteroatoms. The molecule has 0 atom stereocenters. The average Bonchev–Trinajstić information content (AvgIpc) is 2.17. The van der Waals surface area contributed by atoms with Crippen molar-refractivity contribution in [2.75, 3.05) is 13.7 Å². The normalized spacial score (nSPS) is 15.4. The van der Waals surface area contributed by atoms with Crippen LogP contribution in [0.15, 0.2) is 18.2 Å². The van der Waals surface area contributed by atoms with E-state index in [1.165, 1.54) is 11.1 Å². The summed E-state index contributed by atoms with van der Waals surface area (Å²) in [4.78, 5) is 0. The standard InChI is InChI=1S/C10H12O2/c1-11-10-3-2-8-4-5-12-7-9(8)6-10/h2-3,6H,4-5,7H2,1H3. The van der Waals surface area contributed by atoms with E-state index in [9.17, 15) is 0 Å². The van der Waals surface area contributed by atoms with E-state index in [-0.39, 0.29) is 0 Å². The van der Waals surface area contributed by atoms with Gasteiger partial charge in [0.05, 0.1) is 20.3 Å². The number of hydrogen-bond acceptors (Lipinski definition) is 2. The van der Waals surface area contributed by atoms with Crippen molar-refractivity contribution in [2.45, 2.75) is 13.0 Å². The van der Waals surface area contributed by atoms with E-state index in [0.717, 1.165) is 25.4 Å². The fourth-order valence-electron chi connectivity index (χ4n) is 1.47. The summed E-state index contributed by atoms with van der Waals surface area (Å²) in [5.74, 6) is 0.916. The van der Waals surface area contributed by atoms with E-state index in [0.29, 0.717) is 0 Å². The van der Waals surface area contributed by atoms with Crippen LogP contribution in [-0.2, 0) is 17.8 Å². The molecule has 2 nitrogen and oxygen atoms in total. The maximum atomic E-state index is 5.34. The first-order chi connectivity index (χ1) is 5.90. The van der Waals surface area contributed by atoms with E-state index in [1.807, 2.05) is 6.07 Å². The van der Waals surface area contributed by atoms with Gasteiger partial charge in [-0.25, -0.2) is 0 Å². The number of methoxy groups -OCH3 is 1. The number of rotatable bonds is 1. The maximum Gasteiger partial charge on any atom is 0.119 e. The highest BCUT2D eigenvalue weighted by atomic mass is 16.5. The molecule has 1 aliphatic heterocycles. The van der Waals surface area contributed by atoms with E-state index in [4.69, 9.17) is 9.47 Å². The van der Waals surface area contributed by atoms with E-state index in [2.05, 4.69) is 12.1 Å². The molecule has 2 rings (SSSR count). The zero-order valence-corrected chi connectivity index (χ0v) is 7.17. The first-order valence-corrected chi connectivity index (χ1v) is 4.13. The molecule has 0 spiro atoms. The minimum absolute atomic E-state index is 0.729. The second-order valence-electron chi connectivity index (χ2n) is 2.94. The summed E-state index contributed by atoms with van der Waals surface area (Å²) in [5, 5.41) is 0. The van der Waals surface area contributed by atoms with Gasteiger partial charge in [0.2, 0.25) is 0 Å². The van der Waals surface area contributed by atoms with Crippen molar-refractivity contribution in [3.8, 4) is 5.75 Å². The van der Waals surface area contributed by atoms with E-state index >= 15 is 0 Å². The van der Waals surface area contributed by atoms with E-state index in [1.54, 1.807) is 7.11 Å². The van der Waals surface area contributed by atoms with Crippen LogP contribution in [0.25, 0.3) is 0 Å². The van der Waals surface area contributed by atoms with Gasteiger partial charge in [0, 0.05) is 0 Å². The van der Waals surface area contributed by atoms with Crippen molar-refractivity contribution >= 4 is 0 Å². The number of benzene rings is 1. The highest BCUT2D eigenvalue weighted by molar-refractivity contribution is 5.36. The summed E-state index contributed by atoms with van der Waals surface area (Å²) in [6, 6.07) is 6.18. The summed E-state index contributed by atoms with van der Waals surface area (Å²) < 4.78 is 10.5. The molecule has 12 heavy (non-hydrogen) atoms. The van der Waals surface area contributed by atoms with Gasteiger partial charge < -0.3 is 9.47 Å². The van der Waals surface area contributed by atoms with Gasteiger partial charge in [-0.2, -0.15) is 0 Å². The molecule has 0 amide bonds. The van der Waals surface area contributed by atoms with Crippen LogP contribution >= 0.6 is 0 Å². The number of hydrogen-bond donors (Lipinski definition) is 0. The Bertz CT molecular complexity index is 281. The molecule has 1 aliphatic rings. The van der Waals surface area contributed by atoms with Crippen molar-refractivity contribution < 1.29 is 9.47 Å². The van der Waals surface area contributed by atoms with Crippen molar-refractivity contribution in [2.24, 2.45) is 0 Å². The monoisotopic (exact) mass is 164 g/mol. The lowest BCUT2D eigenvalue weighted by atomic mass is 10.0. The Labute approximate surface area is 72.1 Å². The minimum Gasteiger partial charge on any atom is -0.497 e. The highest BCUT2D eigenvalue weighted by Gasteiger charge is 2.09. The Hall–Kier alpha value is -1.02. The van der Waals surface area contributed by atoms with Crippen LogP contribution in [0.1, 0.15) is 11.1 Å². The highest BCUT2D eigenvalue weighted by Crippen LogP contribution is 2.21. The molecule has 64 valence electrons. The van der Waals surface area contributed by atoms with Crippen molar-refractivity contribution in [3.63, 3.8) is 0 Å². The molecule has 0 saturated heterocycles. The van der Waals surface area contributed by atoms with Crippen LogP contribution in [0, 0.1) is 0 Å². The zero-order valence-electron chi connectivity index (χ0n) is 7.17. The number of fused-ring (bicyclic) bond motifs is 1. The fourth-order valence-corrected chi connectivity index (χ4v) is 1.47. The molecule has 0 saturated carbocycles. The van der Waals surface area contributed by atoms with Gasteiger partial charge in [0.25, 0.3) is 0 Å². The van der Waals surface area contributed by atoms with Crippen molar-refractivity contribution in [1.29, 1.82) is 0 Å². The largest absolute Gasteiger partial charge is 0.497 e. The lowest BCUT2D eigenvalue weighted by Gasteiger charge is -2.16. The summed E-state index contributed by atoms with van der Waals surface area (Å²) in [5.41, 5.74) is 2.66. The third-order valence-electron chi connectivity index (χ3n) is 2.19. The van der Waals surface area contributed by atoms with Crippen LogP contribution in [0.4, 0.5) is 0 Å². The molecule has 0 aliphatic carbocycles. The maximum absolute atomic E-state index is 5.34. The Morgan fingerprint density at radius 3 is 3.08 bits per heavy atom. The Morgan fingerprint density at radius 1 is 1.33 bits per heavy atom. The average molecular weight is 164 g/mol. The molecule has 0 bridgehead atoms. The topological polar surface area (TPSA) is 18.5 Å². The molecular weight excluding hydrogens is 152 g/mol. The quantitative estimate of drug-likeness (QED) is 0.629. The fraction of sp³-hybridized carbons (Fsp3) is 0.400. The predicted octanol–water partition coefficient (Wildman–Crippen LogP) is 1.77. The lowest BCUT2D eigenvalue weighted by molar-refractivity contribution is 0.110. The van der Waals surface area contributed by atoms with Gasteiger partial charge in [-0.1, -0.05) is 6.07 Å². The molecular formula is C10H12O2. The molecule has 1 aromatic carbocycles. The van der Waals surface area contributed by atoms with Crippen molar-refractivity contribution in [1.82, 2.24) is 0 Å². The van der Waals surface area contributed by atoms with E-state index < -0.39 is 0 Å². The molecule has 0 fully saturated rings. The van der Waals surface area contributed by atoms with Crippen LogP contribution in [0.5, 0.6) is 5.75 Å². The van der Waals surface area contributed by atoms with Gasteiger partial charge in [-0.3, -0.25) is 0 Å². The lowest BCUT2D eigenvalue weighted by Crippen LogP contribution is -2.09. The minimum atomic E-state index is 0.729. The third-order valence-corrected chi connectivity index (χ3v) is 2.19. The summed E-state index contributed by atoms with van der Waals surface area (Å²) in [7, 11) is 1.69. The Balaban J connectivity index is 2.36. The van der Waals surface area contributed by atoms with Gasteiger partial charge in [-0.15, -0.1) is 0 Å². The van der Waals surface area contributed by atoms with Gasteiger partial charge >= 0.3 is 0 Å². The second-order valence-corrected chi connectivity index (χ2v) is 2.94. The molecule has 1 heterocycles. The summed E-state index contributed by atoms with van der Waals surface area (Å²) in [6.45, 7) is 1.58. The SMILES string of the molecule is COc1ccc2c(c1)COCC2. The Morgan fingerprint density at radius 2 is 2.25 bits per heavy atom. The van der Waals surface area contributed by atoms with Gasteiger partial charge in [0.1, 0.15) is 5.75 Å². The van der Waals surface area contributed by atoms with Crippen LogP contribution in [-0.4, -0.2) is 13.7 Å². The predicted molar refractivity (Wildman–Crippen MR) is 46.4 cm³/mol. The molecule has 1 aromatic rings. The molecule has 0 radical (unpaired) electrons. The molecule has 0 aromatic heterocycles. The first kappa shape index (κ1) is 7.62. The van der Waals surface area contributed by atoms with Gasteiger partial charge in [-0.05, 0) is 29.7 Å². The summed E-state index contributed by atoms with van der Waals surface area (Å²) in [6.07, 6.45) is 1.03. The smallest absolute Gasteiger partial charge is 0.119 e. The second kappa shape index (κ2) is 3.15. The third kappa shape index (κ3) is 1.30. The first-order valence-electron chi connectivity index (χ1n) is 4.13. The summed E-state index contributed by atoms with van der Waals surface area (Å²) >= 11 is 0. The van der Waals surface area contributed by atoms with Gasteiger partial charge in [0.15, 0.2) is 0 Å².